The van der Waals surface area contributed by atoms with Crippen molar-refractivity contribution in [1.82, 2.24) is 15.0 Å². The highest BCUT2D eigenvalue weighted by Crippen LogP contribution is 2.41. The zero-order valence-electron chi connectivity index (χ0n) is 14.0. The molecule has 136 valence electrons. The summed E-state index contributed by atoms with van der Waals surface area (Å²) in [6.45, 7) is 1.14. The monoisotopic (exact) mass is 375 g/mol. The van der Waals surface area contributed by atoms with Crippen LogP contribution in [0.15, 0.2) is 28.8 Å². The van der Waals surface area contributed by atoms with E-state index < -0.39 is 11.9 Å². The number of carbonyl (C=O) groups excluding carboxylic acids is 1. The number of piperidine rings is 1. The summed E-state index contributed by atoms with van der Waals surface area (Å²) < 4.78 is 5.43. The SMILES string of the molecule is O=C(O)[C@@H]1C[C@@H]1C(=O)N1CCC[C@H](c2nc(-c3ccc(Cl)cc3)no2)C1. The molecule has 1 N–H and O–H groups in total. The Hall–Kier alpha value is -2.41. The summed E-state index contributed by atoms with van der Waals surface area (Å²) in [6.07, 6.45) is 2.13. The molecule has 0 radical (unpaired) electrons. The maximum atomic E-state index is 12.5. The Labute approximate surface area is 154 Å². The predicted octanol–water partition coefficient (Wildman–Crippen LogP) is 2.82. The molecule has 3 atom stereocenters. The Bertz CT molecular complexity index is 835. The summed E-state index contributed by atoms with van der Waals surface area (Å²) in [6, 6.07) is 7.19. The number of carboxylic acid groups (broad SMARTS) is 1. The third-order valence-corrected chi connectivity index (χ3v) is 5.30. The van der Waals surface area contributed by atoms with Gasteiger partial charge in [0.1, 0.15) is 0 Å². The molecule has 1 aliphatic heterocycles. The molecule has 26 heavy (non-hydrogen) atoms. The minimum absolute atomic E-state index is 0.0247. The van der Waals surface area contributed by atoms with Crippen molar-refractivity contribution in [3.8, 4) is 11.4 Å². The minimum atomic E-state index is -0.888. The smallest absolute Gasteiger partial charge is 0.307 e. The summed E-state index contributed by atoms with van der Waals surface area (Å²) in [5.74, 6) is -0.878. The molecule has 1 aliphatic carbocycles. The van der Waals surface area contributed by atoms with Gasteiger partial charge >= 0.3 is 5.97 Å². The average Bonchev–Trinajstić information content (AvgIpc) is 3.31. The first-order valence-corrected chi connectivity index (χ1v) is 9.02. The van der Waals surface area contributed by atoms with Gasteiger partial charge in [0.2, 0.25) is 17.6 Å². The van der Waals surface area contributed by atoms with E-state index in [0.717, 1.165) is 18.4 Å². The highest BCUT2D eigenvalue weighted by atomic mass is 35.5. The number of likely N-dealkylation sites (tertiary alicyclic amines) is 1. The Morgan fingerprint density at radius 3 is 2.69 bits per heavy atom. The van der Waals surface area contributed by atoms with Crippen molar-refractivity contribution in [2.45, 2.75) is 25.2 Å². The molecule has 0 unspecified atom stereocenters. The molecule has 1 aromatic heterocycles. The number of benzene rings is 1. The third-order valence-electron chi connectivity index (χ3n) is 5.05. The second-order valence-corrected chi connectivity index (χ2v) is 7.31. The van der Waals surface area contributed by atoms with Crippen LogP contribution in [-0.2, 0) is 9.59 Å². The summed E-state index contributed by atoms with van der Waals surface area (Å²) in [5.41, 5.74) is 0.815. The molecule has 2 heterocycles. The van der Waals surface area contributed by atoms with Crippen LogP contribution in [0.4, 0.5) is 0 Å². The molecule has 1 aromatic carbocycles. The van der Waals surface area contributed by atoms with Crippen LogP contribution in [0.25, 0.3) is 11.4 Å². The number of carboxylic acids is 1. The van der Waals surface area contributed by atoms with E-state index in [4.69, 9.17) is 21.2 Å². The van der Waals surface area contributed by atoms with Crippen LogP contribution in [0, 0.1) is 11.8 Å². The van der Waals surface area contributed by atoms with Gasteiger partial charge in [0.05, 0.1) is 17.8 Å². The molecule has 8 heteroatoms. The Morgan fingerprint density at radius 2 is 2.00 bits per heavy atom. The van der Waals surface area contributed by atoms with E-state index in [-0.39, 0.29) is 17.7 Å². The van der Waals surface area contributed by atoms with Crippen molar-refractivity contribution in [2.24, 2.45) is 11.8 Å². The van der Waals surface area contributed by atoms with Crippen molar-refractivity contribution in [2.75, 3.05) is 13.1 Å². The van der Waals surface area contributed by atoms with Crippen LogP contribution in [0.5, 0.6) is 0 Å². The normalized spacial score (nSPS) is 25.1. The second kappa shape index (κ2) is 6.72. The molecule has 1 saturated carbocycles. The third kappa shape index (κ3) is 3.31. The summed E-state index contributed by atoms with van der Waals surface area (Å²) in [7, 11) is 0. The van der Waals surface area contributed by atoms with Crippen molar-refractivity contribution in [1.29, 1.82) is 0 Å². The lowest BCUT2D eigenvalue weighted by Gasteiger charge is -2.31. The molecule has 0 spiro atoms. The van der Waals surface area contributed by atoms with E-state index in [0.29, 0.717) is 36.2 Å². The molecule has 2 aliphatic rings. The standard InChI is InChI=1S/C18H18ClN3O4/c19-12-5-3-10(4-6-12)15-20-16(26-21-15)11-2-1-7-22(9-11)17(23)13-8-14(13)18(24)25/h3-6,11,13-14H,1-2,7-9H2,(H,24,25)/t11-,13-,14+/m0/s1. The van der Waals surface area contributed by atoms with Crippen LogP contribution in [0.1, 0.15) is 31.1 Å². The minimum Gasteiger partial charge on any atom is -0.481 e. The van der Waals surface area contributed by atoms with E-state index in [1.165, 1.54) is 0 Å². The van der Waals surface area contributed by atoms with E-state index in [2.05, 4.69) is 10.1 Å². The number of hydrogen-bond donors (Lipinski definition) is 1. The van der Waals surface area contributed by atoms with Gasteiger partial charge in [-0.2, -0.15) is 4.98 Å². The molecule has 1 amide bonds. The summed E-state index contributed by atoms with van der Waals surface area (Å²) in [4.78, 5) is 29.7. The molecule has 2 aromatic rings. The first kappa shape index (κ1) is 17.0. The van der Waals surface area contributed by atoms with Crippen LogP contribution >= 0.6 is 11.6 Å². The second-order valence-electron chi connectivity index (χ2n) is 6.87. The fourth-order valence-electron chi connectivity index (χ4n) is 3.47. The average molecular weight is 376 g/mol. The number of amides is 1. The quantitative estimate of drug-likeness (QED) is 0.882. The van der Waals surface area contributed by atoms with Gasteiger partial charge in [-0.15, -0.1) is 0 Å². The fraction of sp³-hybridized carbons (Fsp3) is 0.444. The van der Waals surface area contributed by atoms with E-state index >= 15 is 0 Å². The fourth-order valence-corrected chi connectivity index (χ4v) is 3.60. The van der Waals surface area contributed by atoms with Crippen LogP contribution in [-0.4, -0.2) is 45.1 Å². The van der Waals surface area contributed by atoms with Gasteiger partial charge in [0, 0.05) is 23.7 Å². The Morgan fingerprint density at radius 1 is 1.23 bits per heavy atom. The first-order chi connectivity index (χ1) is 12.5. The number of nitrogens with zero attached hydrogens (tertiary/aromatic N) is 3. The highest BCUT2D eigenvalue weighted by Gasteiger charge is 2.50. The Kier molecular flexibility index (Phi) is 4.40. The first-order valence-electron chi connectivity index (χ1n) is 8.64. The lowest BCUT2D eigenvalue weighted by molar-refractivity contribution is -0.142. The van der Waals surface area contributed by atoms with Gasteiger partial charge in [-0.25, -0.2) is 0 Å². The van der Waals surface area contributed by atoms with Gasteiger partial charge in [0.25, 0.3) is 0 Å². The summed E-state index contributed by atoms with van der Waals surface area (Å²) >= 11 is 5.89. The molecule has 7 nitrogen and oxygen atoms in total. The van der Waals surface area contributed by atoms with Crippen LogP contribution < -0.4 is 0 Å². The molecule has 4 rings (SSSR count). The van der Waals surface area contributed by atoms with E-state index in [1.807, 2.05) is 12.1 Å². The van der Waals surface area contributed by atoms with E-state index in [1.54, 1.807) is 17.0 Å². The van der Waals surface area contributed by atoms with E-state index in [9.17, 15) is 9.59 Å². The zero-order chi connectivity index (χ0) is 18.3. The molecule has 0 bridgehead atoms. The van der Waals surface area contributed by atoms with Crippen molar-refractivity contribution >= 4 is 23.5 Å². The largest absolute Gasteiger partial charge is 0.481 e. The van der Waals surface area contributed by atoms with Gasteiger partial charge in [-0.05, 0) is 43.5 Å². The van der Waals surface area contributed by atoms with Crippen molar-refractivity contribution in [3.05, 3.63) is 35.2 Å². The molecule has 2 fully saturated rings. The highest BCUT2D eigenvalue weighted by molar-refractivity contribution is 6.30. The van der Waals surface area contributed by atoms with Gasteiger partial charge < -0.3 is 14.5 Å². The zero-order valence-corrected chi connectivity index (χ0v) is 14.7. The van der Waals surface area contributed by atoms with Crippen LogP contribution in [0.3, 0.4) is 0 Å². The van der Waals surface area contributed by atoms with Crippen molar-refractivity contribution < 1.29 is 19.2 Å². The summed E-state index contributed by atoms with van der Waals surface area (Å²) in [5, 5.41) is 13.7. The maximum Gasteiger partial charge on any atom is 0.307 e. The lowest BCUT2D eigenvalue weighted by Crippen LogP contribution is -2.40. The maximum absolute atomic E-state index is 12.5. The van der Waals surface area contributed by atoms with Gasteiger partial charge in [0.15, 0.2) is 0 Å². The van der Waals surface area contributed by atoms with Crippen molar-refractivity contribution in [3.63, 3.8) is 0 Å². The molecular formula is C18H18ClN3O4. The predicted molar refractivity (Wildman–Crippen MR) is 92.5 cm³/mol. The topological polar surface area (TPSA) is 96.5 Å². The lowest BCUT2D eigenvalue weighted by atomic mass is 9.97. The van der Waals surface area contributed by atoms with Gasteiger partial charge in [-0.3, -0.25) is 9.59 Å². The number of aliphatic carboxylic acids is 1. The number of hydrogen-bond acceptors (Lipinski definition) is 5. The number of aromatic nitrogens is 2. The number of carbonyl (C=O) groups is 2. The molecular weight excluding hydrogens is 358 g/mol. The Balaban J connectivity index is 1.44. The van der Waals surface area contributed by atoms with Crippen LogP contribution in [0.2, 0.25) is 5.02 Å². The molecule has 1 saturated heterocycles. The number of rotatable bonds is 4. The van der Waals surface area contributed by atoms with Gasteiger partial charge in [-0.1, -0.05) is 16.8 Å². The number of halogens is 1.